The largest absolute Gasteiger partial charge is 0.426 e. The number of hydrogen-bond donors (Lipinski definition) is 4. The number of aliphatic hydroxyl groups excluding tert-OH is 1. The highest BCUT2D eigenvalue weighted by Gasteiger charge is 2.26. The number of carbonyl (C=O) groups excluding carboxylic acids is 2. The summed E-state index contributed by atoms with van der Waals surface area (Å²) < 4.78 is 0. The molecular weight excluding hydrogens is 460 g/mol. The Balaban J connectivity index is 1.47. The Kier molecular flexibility index (Phi) is 8.46. The van der Waals surface area contributed by atoms with Crippen LogP contribution in [0.4, 0.5) is 16.2 Å². The van der Waals surface area contributed by atoms with Gasteiger partial charge in [-0.2, -0.15) is 5.26 Å². The first-order valence-corrected chi connectivity index (χ1v) is 12.6. The summed E-state index contributed by atoms with van der Waals surface area (Å²) in [5.74, 6) is 0.727. The van der Waals surface area contributed by atoms with Gasteiger partial charge in [-0.25, -0.2) is 4.79 Å². The van der Waals surface area contributed by atoms with E-state index in [1.165, 1.54) is 11.8 Å². The predicted molar refractivity (Wildman–Crippen MR) is 136 cm³/mol. The summed E-state index contributed by atoms with van der Waals surface area (Å²) in [4.78, 5) is 35.2. The average molecular weight is 495 g/mol. The lowest BCUT2D eigenvalue weighted by molar-refractivity contribution is -0.113. The van der Waals surface area contributed by atoms with E-state index in [1.54, 1.807) is 11.1 Å². The van der Waals surface area contributed by atoms with Crippen molar-refractivity contribution in [1.29, 1.82) is 5.26 Å². The molecular formula is C26H34N6O4. The van der Waals surface area contributed by atoms with E-state index in [2.05, 4.69) is 39.6 Å². The number of H-pyrrole nitrogens is 1. The monoisotopic (exact) mass is 494 g/mol. The highest BCUT2D eigenvalue weighted by molar-refractivity contribution is 6.05. The molecule has 1 aromatic heterocycles. The van der Waals surface area contributed by atoms with Crippen molar-refractivity contribution in [3.63, 3.8) is 0 Å². The van der Waals surface area contributed by atoms with Crippen molar-refractivity contribution in [3.8, 4) is 6.07 Å². The number of benzene rings is 1. The van der Waals surface area contributed by atoms with Gasteiger partial charge in [0.2, 0.25) is 0 Å². The smallest absolute Gasteiger partial charge is 0.395 e. The Morgan fingerprint density at radius 2 is 1.92 bits per heavy atom. The van der Waals surface area contributed by atoms with Crippen molar-refractivity contribution in [2.45, 2.75) is 38.5 Å². The Bertz CT molecular complexity index is 1090. The molecule has 36 heavy (non-hydrogen) atoms. The Labute approximate surface area is 211 Å². The van der Waals surface area contributed by atoms with E-state index in [0.29, 0.717) is 36.2 Å². The van der Waals surface area contributed by atoms with E-state index >= 15 is 0 Å². The van der Waals surface area contributed by atoms with Gasteiger partial charge < -0.3 is 30.5 Å². The van der Waals surface area contributed by atoms with Gasteiger partial charge in [0.25, 0.3) is 5.91 Å². The Morgan fingerprint density at radius 3 is 2.58 bits per heavy atom. The van der Waals surface area contributed by atoms with Crippen molar-refractivity contribution in [1.82, 2.24) is 15.4 Å². The number of anilines is 2. The zero-order valence-corrected chi connectivity index (χ0v) is 20.6. The third-order valence-corrected chi connectivity index (χ3v) is 6.97. The number of hydrogen-bond acceptors (Lipinski definition) is 7. The molecule has 0 aliphatic carbocycles. The molecule has 2 saturated heterocycles. The van der Waals surface area contributed by atoms with Crippen LogP contribution in [0.1, 0.15) is 60.1 Å². The number of aliphatic hydroxyl groups is 1. The van der Waals surface area contributed by atoms with Crippen LogP contribution in [0.3, 0.4) is 0 Å². The van der Waals surface area contributed by atoms with Crippen LogP contribution in [0.2, 0.25) is 0 Å². The molecule has 1 aromatic carbocycles. The SMILES string of the molecule is CC1CCN(c2cc(C3CCN(OC(=O)NCCO)CC3)ccc2NC(=O)c2cc(C#N)c[nH]2)CC1. The topological polar surface area (TPSA) is 134 Å². The minimum atomic E-state index is -0.548. The molecule has 192 valence electrons. The number of carbonyl (C=O) groups is 2. The van der Waals surface area contributed by atoms with E-state index in [1.807, 2.05) is 12.1 Å². The lowest BCUT2D eigenvalue weighted by atomic mass is 9.89. The quantitative estimate of drug-likeness (QED) is 0.464. The summed E-state index contributed by atoms with van der Waals surface area (Å²) in [5.41, 5.74) is 3.75. The first kappa shape index (κ1) is 25.5. The summed E-state index contributed by atoms with van der Waals surface area (Å²) in [6.45, 7) is 5.43. The lowest BCUT2D eigenvalue weighted by Crippen LogP contribution is -2.39. The van der Waals surface area contributed by atoms with Crippen molar-refractivity contribution in [2.24, 2.45) is 5.92 Å². The Morgan fingerprint density at radius 1 is 1.17 bits per heavy atom. The van der Waals surface area contributed by atoms with E-state index < -0.39 is 6.09 Å². The van der Waals surface area contributed by atoms with Crippen LogP contribution >= 0.6 is 0 Å². The van der Waals surface area contributed by atoms with Gasteiger partial charge in [0.15, 0.2) is 0 Å². The van der Waals surface area contributed by atoms with Gasteiger partial charge in [-0.1, -0.05) is 13.0 Å². The molecule has 0 saturated carbocycles. The van der Waals surface area contributed by atoms with E-state index in [4.69, 9.17) is 15.2 Å². The van der Waals surface area contributed by atoms with Crippen LogP contribution in [-0.4, -0.2) is 66.5 Å². The number of piperidine rings is 2. The number of amides is 2. The maximum atomic E-state index is 12.9. The second kappa shape index (κ2) is 11.9. The highest BCUT2D eigenvalue weighted by Crippen LogP contribution is 2.36. The fraction of sp³-hybridized carbons (Fsp3) is 0.500. The molecule has 10 nitrogen and oxygen atoms in total. The van der Waals surface area contributed by atoms with Crippen LogP contribution in [0.15, 0.2) is 30.5 Å². The fourth-order valence-electron chi connectivity index (χ4n) is 4.79. The number of rotatable bonds is 7. The third kappa shape index (κ3) is 6.36. The first-order valence-electron chi connectivity index (χ1n) is 12.6. The molecule has 0 radical (unpaired) electrons. The van der Waals surface area contributed by atoms with Gasteiger partial charge in [-0.15, -0.1) is 5.06 Å². The average Bonchev–Trinajstić information content (AvgIpc) is 3.38. The van der Waals surface area contributed by atoms with Crippen LogP contribution < -0.4 is 15.5 Å². The first-order chi connectivity index (χ1) is 17.5. The molecule has 0 spiro atoms. The molecule has 0 unspecified atom stereocenters. The molecule has 4 N–H and O–H groups in total. The van der Waals surface area contributed by atoms with E-state index in [9.17, 15) is 9.59 Å². The molecule has 2 aliphatic heterocycles. The molecule has 2 amide bonds. The molecule has 0 atom stereocenters. The molecule has 10 heteroatoms. The molecule has 2 aliphatic rings. The summed E-state index contributed by atoms with van der Waals surface area (Å²) in [6, 6.07) is 9.81. The number of nitrogens with one attached hydrogen (secondary N) is 3. The number of hydroxylamine groups is 2. The van der Waals surface area contributed by atoms with E-state index in [-0.39, 0.29) is 19.1 Å². The molecule has 3 heterocycles. The van der Waals surface area contributed by atoms with Crippen LogP contribution in [0.5, 0.6) is 0 Å². The van der Waals surface area contributed by atoms with Crippen molar-refractivity contribution < 1.29 is 19.5 Å². The van der Waals surface area contributed by atoms with Gasteiger partial charge in [0.1, 0.15) is 11.8 Å². The number of aromatic amines is 1. The van der Waals surface area contributed by atoms with Crippen LogP contribution in [0.25, 0.3) is 0 Å². The maximum Gasteiger partial charge on any atom is 0.426 e. The van der Waals surface area contributed by atoms with E-state index in [0.717, 1.165) is 50.1 Å². The van der Waals surface area contributed by atoms with Crippen molar-refractivity contribution >= 4 is 23.4 Å². The fourth-order valence-corrected chi connectivity index (χ4v) is 4.79. The van der Waals surface area contributed by atoms with Gasteiger partial charge in [0, 0.05) is 38.9 Å². The second-order valence-corrected chi connectivity index (χ2v) is 9.55. The maximum absolute atomic E-state index is 12.9. The molecule has 4 rings (SSSR count). The zero-order valence-electron chi connectivity index (χ0n) is 20.6. The van der Waals surface area contributed by atoms with Crippen molar-refractivity contribution in [3.05, 3.63) is 47.3 Å². The normalized spacial score (nSPS) is 17.4. The summed E-state index contributed by atoms with van der Waals surface area (Å²) >= 11 is 0. The second-order valence-electron chi connectivity index (χ2n) is 9.55. The summed E-state index contributed by atoms with van der Waals surface area (Å²) in [5, 5.41) is 25.1. The minimum absolute atomic E-state index is 0.127. The van der Waals surface area contributed by atoms with Gasteiger partial charge in [-0.3, -0.25) is 4.79 Å². The summed E-state index contributed by atoms with van der Waals surface area (Å²) in [6.07, 6.45) is 4.87. The van der Waals surface area contributed by atoms with Crippen LogP contribution in [-0.2, 0) is 4.84 Å². The zero-order chi connectivity index (χ0) is 25.5. The highest BCUT2D eigenvalue weighted by atomic mass is 16.7. The van der Waals surface area contributed by atoms with Crippen LogP contribution in [0, 0.1) is 17.2 Å². The summed E-state index contributed by atoms with van der Waals surface area (Å²) in [7, 11) is 0. The third-order valence-electron chi connectivity index (χ3n) is 6.97. The molecule has 2 aromatic rings. The standard InChI is InChI=1S/C26H34N6O4/c1-18-4-9-31(10-5-18)24-15-21(20-6-11-32(12-7-20)36-26(35)28-8-13-33)2-3-22(24)30-25(34)23-14-19(16-27)17-29-23/h2-3,14-15,17-18,20,29,33H,4-13H2,1H3,(H,28,35)(H,30,34). The lowest BCUT2D eigenvalue weighted by Gasteiger charge is -2.35. The van der Waals surface area contributed by atoms with Gasteiger partial charge >= 0.3 is 6.09 Å². The minimum Gasteiger partial charge on any atom is -0.395 e. The predicted octanol–water partition coefficient (Wildman–Crippen LogP) is 3.19. The van der Waals surface area contributed by atoms with Crippen molar-refractivity contribution in [2.75, 3.05) is 49.5 Å². The van der Waals surface area contributed by atoms with Gasteiger partial charge in [-0.05, 0) is 61.3 Å². The number of nitrogens with zero attached hydrogens (tertiary/aromatic N) is 3. The molecule has 2 fully saturated rings. The number of aromatic nitrogens is 1. The number of nitriles is 1. The Hall–Kier alpha value is -3.55. The van der Waals surface area contributed by atoms with Gasteiger partial charge in [0.05, 0.1) is 23.5 Å². The molecule has 0 bridgehead atoms.